The Morgan fingerprint density at radius 2 is 1.93 bits per heavy atom. The zero-order chi connectivity index (χ0) is 19.8. The highest BCUT2D eigenvalue weighted by Gasteiger charge is 2.16. The third-order valence-corrected chi connectivity index (χ3v) is 3.53. The molecule has 0 aromatic heterocycles. The van der Waals surface area contributed by atoms with Crippen molar-refractivity contribution >= 4 is 17.5 Å². The number of amides is 2. The summed E-state index contributed by atoms with van der Waals surface area (Å²) in [4.78, 5) is 23.7. The smallest absolute Gasteiger partial charge is 0.269 e. The standard InChI is InChI=1S/C19H20N4O4/c1-3-27-18-10-14(21-12(2)24)6-9-16(18)19(26)23-22-17(11-20)13-4-7-15(25)8-5-13/h4-10,17,22,25H,3H2,1-2H3,(H,21,24)(H,23,26)/t17-/m1/s1. The Morgan fingerprint density at radius 3 is 2.52 bits per heavy atom. The Bertz CT molecular complexity index is 859. The first-order chi connectivity index (χ1) is 12.9. The van der Waals surface area contributed by atoms with Crippen LogP contribution < -0.4 is 20.9 Å². The van der Waals surface area contributed by atoms with E-state index in [1.54, 1.807) is 31.2 Å². The highest BCUT2D eigenvalue weighted by molar-refractivity contribution is 5.98. The van der Waals surface area contributed by atoms with Crippen molar-refractivity contribution in [2.75, 3.05) is 11.9 Å². The van der Waals surface area contributed by atoms with Gasteiger partial charge < -0.3 is 15.2 Å². The fourth-order valence-corrected chi connectivity index (χ4v) is 2.33. The third kappa shape index (κ3) is 5.45. The zero-order valence-electron chi connectivity index (χ0n) is 14.9. The maximum atomic E-state index is 12.5. The number of hydrogen-bond acceptors (Lipinski definition) is 6. The Morgan fingerprint density at radius 1 is 1.22 bits per heavy atom. The number of nitrogens with zero attached hydrogens (tertiary/aromatic N) is 1. The summed E-state index contributed by atoms with van der Waals surface area (Å²) in [7, 11) is 0. The van der Waals surface area contributed by atoms with Gasteiger partial charge >= 0.3 is 0 Å². The van der Waals surface area contributed by atoms with Crippen molar-refractivity contribution in [2.45, 2.75) is 19.9 Å². The quantitative estimate of drug-likeness (QED) is 0.556. The number of rotatable bonds is 7. The Balaban J connectivity index is 2.13. The van der Waals surface area contributed by atoms with E-state index in [0.717, 1.165) is 0 Å². The number of benzene rings is 2. The second kappa shape index (κ2) is 9.22. The molecule has 8 heteroatoms. The van der Waals surface area contributed by atoms with Crippen molar-refractivity contribution in [2.24, 2.45) is 0 Å². The number of ether oxygens (including phenoxy) is 1. The van der Waals surface area contributed by atoms with Crippen molar-refractivity contribution < 1.29 is 19.4 Å². The molecule has 0 aliphatic rings. The summed E-state index contributed by atoms with van der Waals surface area (Å²) in [6.45, 7) is 3.50. The third-order valence-electron chi connectivity index (χ3n) is 3.53. The number of hydrogen-bond donors (Lipinski definition) is 4. The van der Waals surface area contributed by atoms with Crippen molar-refractivity contribution in [3.8, 4) is 17.6 Å². The van der Waals surface area contributed by atoms with E-state index < -0.39 is 11.9 Å². The molecule has 8 nitrogen and oxygen atoms in total. The van der Waals surface area contributed by atoms with Crippen LogP contribution in [0.1, 0.15) is 35.8 Å². The zero-order valence-corrected chi connectivity index (χ0v) is 14.9. The molecule has 2 aromatic rings. The monoisotopic (exact) mass is 368 g/mol. The van der Waals surface area contributed by atoms with Gasteiger partial charge in [0.15, 0.2) is 0 Å². The number of phenolic OH excluding ortho intramolecular Hbond substituents is 1. The van der Waals surface area contributed by atoms with Crippen LogP contribution in [-0.2, 0) is 4.79 Å². The molecule has 0 bridgehead atoms. The van der Waals surface area contributed by atoms with Crippen molar-refractivity contribution in [1.82, 2.24) is 10.9 Å². The fourth-order valence-electron chi connectivity index (χ4n) is 2.33. The number of aromatic hydroxyl groups is 1. The van der Waals surface area contributed by atoms with Gasteiger partial charge in [0.25, 0.3) is 5.91 Å². The predicted octanol–water partition coefficient (Wildman–Crippen LogP) is 2.25. The van der Waals surface area contributed by atoms with Crippen LogP contribution in [0.15, 0.2) is 42.5 Å². The van der Waals surface area contributed by atoms with Crippen LogP contribution in [0.2, 0.25) is 0 Å². The number of nitrogens with one attached hydrogen (secondary N) is 3. The Kier molecular flexibility index (Phi) is 6.74. The van der Waals surface area contributed by atoms with Gasteiger partial charge in [-0.25, -0.2) is 5.43 Å². The molecule has 1 atom stereocenters. The molecule has 0 saturated heterocycles. The second-order valence-corrected chi connectivity index (χ2v) is 5.58. The summed E-state index contributed by atoms with van der Waals surface area (Å²) < 4.78 is 5.48. The number of carbonyl (C=O) groups excluding carboxylic acids is 2. The lowest BCUT2D eigenvalue weighted by Crippen LogP contribution is -2.39. The predicted molar refractivity (Wildman–Crippen MR) is 99.0 cm³/mol. The van der Waals surface area contributed by atoms with E-state index >= 15 is 0 Å². The molecule has 2 amide bonds. The van der Waals surface area contributed by atoms with E-state index in [1.807, 2.05) is 6.07 Å². The molecule has 0 saturated carbocycles. The molecule has 2 aromatic carbocycles. The van der Waals surface area contributed by atoms with Gasteiger partial charge in [0.2, 0.25) is 5.91 Å². The summed E-state index contributed by atoms with van der Waals surface area (Å²) in [5.41, 5.74) is 6.48. The second-order valence-electron chi connectivity index (χ2n) is 5.58. The van der Waals surface area contributed by atoms with Crippen LogP contribution in [0.5, 0.6) is 11.5 Å². The first kappa shape index (κ1) is 19.8. The largest absolute Gasteiger partial charge is 0.508 e. The molecule has 4 N–H and O–H groups in total. The van der Waals surface area contributed by atoms with Crippen LogP contribution in [-0.4, -0.2) is 23.5 Å². The minimum atomic E-state index is -0.802. The Hall–Kier alpha value is -3.57. The number of phenols is 1. The van der Waals surface area contributed by atoms with Crippen LogP contribution in [0.4, 0.5) is 5.69 Å². The molecular formula is C19H20N4O4. The van der Waals surface area contributed by atoms with E-state index in [2.05, 4.69) is 16.2 Å². The summed E-state index contributed by atoms with van der Waals surface area (Å²) in [5, 5.41) is 21.2. The lowest BCUT2D eigenvalue weighted by atomic mass is 10.1. The van der Waals surface area contributed by atoms with E-state index in [9.17, 15) is 20.0 Å². The molecule has 0 fully saturated rings. The highest BCUT2D eigenvalue weighted by atomic mass is 16.5. The van der Waals surface area contributed by atoms with Gasteiger partial charge in [-0.1, -0.05) is 12.1 Å². The van der Waals surface area contributed by atoms with Gasteiger partial charge in [0.05, 0.1) is 18.2 Å². The minimum Gasteiger partial charge on any atom is -0.508 e. The van der Waals surface area contributed by atoms with Crippen molar-refractivity contribution in [3.63, 3.8) is 0 Å². The first-order valence-corrected chi connectivity index (χ1v) is 8.23. The molecule has 0 radical (unpaired) electrons. The van der Waals surface area contributed by atoms with Gasteiger partial charge in [-0.15, -0.1) is 0 Å². The molecular weight excluding hydrogens is 348 g/mol. The topological polar surface area (TPSA) is 123 Å². The highest BCUT2D eigenvalue weighted by Crippen LogP contribution is 2.24. The minimum absolute atomic E-state index is 0.0834. The first-order valence-electron chi connectivity index (χ1n) is 8.23. The maximum absolute atomic E-state index is 12.5. The summed E-state index contributed by atoms with van der Waals surface area (Å²) in [6, 6.07) is 12.0. The number of hydrazine groups is 1. The van der Waals surface area contributed by atoms with Crippen LogP contribution >= 0.6 is 0 Å². The van der Waals surface area contributed by atoms with E-state index in [4.69, 9.17) is 4.74 Å². The molecule has 0 spiro atoms. The van der Waals surface area contributed by atoms with Gasteiger partial charge in [0.1, 0.15) is 17.5 Å². The average Bonchev–Trinajstić information content (AvgIpc) is 2.63. The summed E-state index contributed by atoms with van der Waals surface area (Å²) >= 11 is 0. The number of anilines is 1. The molecule has 0 heterocycles. The normalized spacial score (nSPS) is 11.1. The van der Waals surface area contributed by atoms with Gasteiger partial charge in [0, 0.05) is 18.7 Å². The maximum Gasteiger partial charge on any atom is 0.269 e. The molecule has 140 valence electrons. The molecule has 0 aliphatic heterocycles. The number of carbonyl (C=O) groups is 2. The fraction of sp³-hybridized carbons (Fsp3) is 0.211. The average molecular weight is 368 g/mol. The molecule has 0 aliphatic carbocycles. The summed E-state index contributed by atoms with van der Waals surface area (Å²) in [6.07, 6.45) is 0. The lowest BCUT2D eigenvalue weighted by Gasteiger charge is -2.15. The van der Waals surface area contributed by atoms with Gasteiger partial charge in [-0.2, -0.15) is 5.26 Å². The van der Waals surface area contributed by atoms with Gasteiger partial charge in [-0.05, 0) is 36.8 Å². The summed E-state index contributed by atoms with van der Waals surface area (Å²) in [5.74, 6) is -0.338. The lowest BCUT2D eigenvalue weighted by molar-refractivity contribution is -0.114. The van der Waals surface area contributed by atoms with E-state index in [-0.39, 0.29) is 17.2 Å². The van der Waals surface area contributed by atoms with E-state index in [1.165, 1.54) is 25.1 Å². The molecule has 2 rings (SSSR count). The van der Waals surface area contributed by atoms with E-state index in [0.29, 0.717) is 23.6 Å². The van der Waals surface area contributed by atoms with Crippen molar-refractivity contribution in [1.29, 1.82) is 5.26 Å². The SMILES string of the molecule is CCOc1cc(NC(C)=O)ccc1C(=O)NN[C@H](C#N)c1ccc(O)cc1. The molecule has 0 unspecified atom stereocenters. The van der Waals surface area contributed by atoms with Crippen LogP contribution in [0.3, 0.4) is 0 Å². The molecule has 27 heavy (non-hydrogen) atoms. The Labute approximate surface area is 156 Å². The van der Waals surface area contributed by atoms with Crippen LogP contribution in [0, 0.1) is 11.3 Å². The number of nitriles is 1. The van der Waals surface area contributed by atoms with Crippen LogP contribution in [0.25, 0.3) is 0 Å². The van der Waals surface area contributed by atoms with Gasteiger partial charge in [-0.3, -0.25) is 15.0 Å². The van der Waals surface area contributed by atoms with Crippen molar-refractivity contribution in [3.05, 3.63) is 53.6 Å².